The van der Waals surface area contributed by atoms with Crippen LogP contribution in [0.1, 0.15) is 53.4 Å². The number of hydrogen-bond donors (Lipinski definition) is 1. The molecule has 2 heteroatoms. The lowest BCUT2D eigenvalue weighted by molar-refractivity contribution is -0.127. The van der Waals surface area contributed by atoms with E-state index >= 15 is 0 Å². The molecular formula is C14H27NO. The average molecular weight is 225 g/mol. The molecule has 0 radical (unpaired) electrons. The first kappa shape index (κ1) is 12.4. The Morgan fingerprint density at radius 2 is 2.00 bits per heavy atom. The van der Waals surface area contributed by atoms with Crippen LogP contribution in [0, 0.1) is 11.3 Å². The Hall–Kier alpha value is -0.0800. The SMILES string of the molecule is CC(C)COC1CC(NC2CCC2)C1(C)C. The van der Waals surface area contributed by atoms with Crippen LogP contribution in [0.2, 0.25) is 0 Å². The third-order valence-corrected chi connectivity index (χ3v) is 4.35. The molecule has 2 atom stereocenters. The predicted molar refractivity (Wildman–Crippen MR) is 67.5 cm³/mol. The molecule has 0 bridgehead atoms. The topological polar surface area (TPSA) is 21.3 Å². The Morgan fingerprint density at radius 3 is 2.44 bits per heavy atom. The van der Waals surface area contributed by atoms with Gasteiger partial charge in [0.05, 0.1) is 6.10 Å². The highest BCUT2D eigenvalue weighted by atomic mass is 16.5. The molecule has 16 heavy (non-hydrogen) atoms. The summed E-state index contributed by atoms with van der Waals surface area (Å²) < 4.78 is 5.98. The van der Waals surface area contributed by atoms with Gasteiger partial charge in [0.1, 0.15) is 0 Å². The molecule has 1 N–H and O–H groups in total. The first-order chi connectivity index (χ1) is 7.50. The van der Waals surface area contributed by atoms with Crippen LogP contribution >= 0.6 is 0 Å². The van der Waals surface area contributed by atoms with E-state index in [1.54, 1.807) is 0 Å². The number of rotatable bonds is 5. The second kappa shape index (κ2) is 4.66. The normalized spacial score (nSPS) is 33.6. The fourth-order valence-electron chi connectivity index (χ4n) is 2.62. The highest BCUT2D eigenvalue weighted by molar-refractivity contribution is 5.04. The van der Waals surface area contributed by atoms with E-state index in [0.29, 0.717) is 23.5 Å². The minimum atomic E-state index is 0.324. The number of ether oxygens (including phenoxy) is 1. The van der Waals surface area contributed by atoms with E-state index < -0.39 is 0 Å². The van der Waals surface area contributed by atoms with E-state index in [1.165, 1.54) is 25.7 Å². The molecule has 0 heterocycles. The van der Waals surface area contributed by atoms with Gasteiger partial charge in [-0.3, -0.25) is 0 Å². The summed E-state index contributed by atoms with van der Waals surface area (Å²) in [5.41, 5.74) is 0.324. The molecule has 2 fully saturated rings. The van der Waals surface area contributed by atoms with Crippen LogP contribution in [0.4, 0.5) is 0 Å². The molecule has 0 aromatic rings. The summed E-state index contributed by atoms with van der Waals surface area (Å²) in [6.45, 7) is 10.0. The van der Waals surface area contributed by atoms with Crippen molar-refractivity contribution in [2.24, 2.45) is 11.3 Å². The van der Waals surface area contributed by atoms with Crippen LogP contribution in [-0.2, 0) is 4.74 Å². The molecule has 0 spiro atoms. The summed E-state index contributed by atoms with van der Waals surface area (Å²) >= 11 is 0. The Labute approximate surface area is 100 Å². The van der Waals surface area contributed by atoms with Crippen LogP contribution in [-0.4, -0.2) is 24.8 Å². The van der Waals surface area contributed by atoms with Gasteiger partial charge in [0.15, 0.2) is 0 Å². The first-order valence-electron chi connectivity index (χ1n) is 6.88. The molecule has 0 aromatic heterocycles. The van der Waals surface area contributed by atoms with Crippen LogP contribution in [0.3, 0.4) is 0 Å². The van der Waals surface area contributed by atoms with Crippen molar-refractivity contribution in [3.63, 3.8) is 0 Å². The van der Waals surface area contributed by atoms with Gasteiger partial charge in [0.2, 0.25) is 0 Å². The second-order valence-electron chi connectivity index (χ2n) is 6.62. The van der Waals surface area contributed by atoms with Crippen LogP contribution in [0.5, 0.6) is 0 Å². The standard InChI is InChI=1S/C14H27NO/c1-10(2)9-16-13-8-12(14(13,3)4)15-11-6-5-7-11/h10-13,15H,5-9H2,1-4H3. The quantitative estimate of drug-likeness (QED) is 0.776. The van der Waals surface area contributed by atoms with E-state index in [1.807, 2.05) is 0 Å². The monoisotopic (exact) mass is 225 g/mol. The summed E-state index contributed by atoms with van der Waals surface area (Å²) in [6, 6.07) is 1.48. The Balaban J connectivity index is 1.74. The maximum absolute atomic E-state index is 5.98. The zero-order chi connectivity index (χ0) is 11.8. The molecule has 0 saturated heterocycles. The average Bonchev–Trinajstić information content (AvgIpc) is 2.12. The second-order valence-corrected chi connectivity index (χ2v) is 6.62. The summed E-state index contributed by atoms with van der Waals surface area (Å²) in [4.78, 5) is 0. The Bertz CT molecular complexity index is 233. The smallest absolute Gasteiger partial charge is 0.0656 e. The van der Waals surface area contributed by atoms with Gasteiger partial charge in [-0.1, -0.05) is 34.1 Å². The first-order valence-corrected chi connectivity index (χ1v) is 6.88. The van der Waals surface area contributed by atoms with Gasteiger partial charge >= 0.3 is 0 Å². The Morgan fingerprint density at radius 1 is 1.31 bits per heavy atom. The highest BCUT2D eigenvalue weighted by Gasteiger charge is 2.49. The lowest BCUT2D eigenvalue weighted by Crippen LogP contribution is -2.63. The molecule has 0 amide bonds. The van der Waals surface area contributed by atoms with E-state index in [4.69, 9.17) is 4.74 Å². The largest absolute Gasteiger partial charge is 0.377 e. The van der Waals surface area contributed by atoms with E-state index in [-0.39, 0.29) is 0 Å². The van der Waals surface area contributed by atoms with Crippen molar-refractivity contribution >= 4 is 0 Å². The third-order valence-electron chi connectivity index (χ3n) is 4.35. The van der Waals surface area contributed by atoms with Crippen molar-refractivity contribution in [2.45, 2.75) is 71.6 Å². The maximum Gasteiger partial charge on any atom is 0.0656 e. The molecule has 2 saturated carbocycles. The van der Waals surface area contributed by atoms with Crippen molar-refractivity contribution in [2.75, 3.05) is 6.61 Å². The van der Waals surface area contributed by atoms with Crippen molar-refractivity contribution in [3.05, 3.63) is 0 Å². The van der Waals surface area contributed by atoms with Crippen molar-refractivity contribution < 1.29 is 4.74 Å². The molecule has 94 valence electrons. The van der Waals surface area contributed by atoms with Gasteiger partial charge in [0.25, 0.3) is 0 Å². The molecular weight excluding hydrogens is 198 g/mol. The molecule has 2 unspecified atom stereocenters. The molecule has 2 aliphatic rings. The summed E-state index contributed by atoms with van der Waals surface area (Å²) in [6.07, 6.45) is 5.84. The number of hydrogen-bond acceptors (Lipinski definition) is 2. The molecule has 2 aliphatic carbocycles. The van der Waals surface area contributed by atoms with Crippen molar-refractivity contribution in [1.29, 1.82) is 0 Å². The summed E-state index contributed by atoms with van der Waals surface area (Å²) in [7, 11) is 0. The van der Waals surface area contributed by atoms with Gasteiger partial charge in [0, 0.05) is 24.1 Å². The van der Waals surface area contributed by atoms with E-state index in [2.05, 4.69) is 33.0 Å². The lowest BCUT2D eigenvalue weighted by atomic mass is 9.64. The molecule has 2 nitrogen and oxygen atoms in total. The van der Waals surface area contributed by atoms with Crippen molar-refractivity contribution in [1.82, 2.24) is 5.32 Å². The van der Waals surface area contributed by atoms with Gasteiger partial charge in [-0.15, -0.1) is 0 Å². The van der Waals surface area contributed by atoms with Gasteiger partial charge in [-0.05, 0) is 25.2 Å². The van der Waals surface area contributed by atoms with Crippen LogP contribution < -0.4 is 5.32 Å². The fraction of sp³-hybridized carbons (Fsp3) is 1.00. The highest BCUT2D eigenvalue weighted by Crippen LogP contribution is 2.43. The van der Waals surface area contributed by atoms with Crippen molar-refractivity contribution in [3.8, 4) is 0 Å². The number of nitrogens with one attached hydrogen (secondary N) is 1. The molecule has 2 rings (SSSR count). The van der Waals surface area contributed by atoms with Gasteiger partial charge in [-0.2, -0.15) is 0 Å². The van der Waals surface area contributed by atoms with E-state index in [9.17, 15) is 0 Å². The zero-order valence-corrected chi connectivity index (χ0v) is 11.3. The zero-order valence-electron chi connectivity index (χ0n) is 11.3. The van der Waals surface area contributed by atoms with E-state index in [0.717, 1.165) is 12.6 Å². The molecule has 0 aromatic carbocycles. The third kappa shape index (κ3) is 2.43. The van der Waals surface area contributed by atoms with Crippen LogP contribution in [0.15, 0.2) is 0 Å². The summed E-state index contributed by atoms with van der Waals surface area (Å²) in [5, 5.41) is 3.78. The van der Waals surface area contributed by atoms with Crippen LogP contribution in [0.25, 0.3) is 0 Å². The minimum absolute atomic E-state index is 0.324. The Kier molecular flexibility index (Phi) is 3.60. The van der Waals surface area contributed by atoms with Gasteiger partial charge < -0.3 is 10.1 Å². The molecule has 0 aliphatic heterocycles. The van der Waals surface area contributed by atoms with Gasteiger partial charge in [-0.25, -0.2) is 0 Å². The predicted octanol–water partition coefficient (Wildman–Crippen LogP) is 2.97. The fourth-order valence-corrected chi connectivity index (χ4v) is 2.62. The lowest BCUT2D eigenvalue weighted by Gasteiger charge is -2.54. The summed E-state index contributed by atoms with van der Waals surface area (Å²) in [5.74, 6) is 0.648. The maximum atomic E-state index is 5.98. The minimum Gasteiger partial charge on any atom is -0.377 e.